The number of carbonyl (C=O) groups excluding carboxylic acids is 1. The molecule has 1 unspecified atom stereocenters. The number of hydrogen-bond acceptors (Lipinski definition) is 4. The number of likely N-dealkylation sites (tertiary alicyclic amines) is 1. The highest BCUT2D eigenvalue weighted by molar-refractivity contribution is 5.82. The van der Waals surface area contributed by atoms with E-state index < -0.39 is 6.10 Å². The van der Waals surface area contributed by atoms with Crippen molar-refractivity contribution in [1.29, 1.82) is 0 Å². The Hall–Kier alpha value is -1.75. The molecule has 0 bridgehead atoms. The van der Waals surface area contributed by atoms with E-state index in [1.54, 1.807) is 0 Å². The summed E-state index contributed by atoms with van der Waals surface area (Å²) in [6.07, 6.45) is 1.59. The first-order valence-electron chi connectivity index (χ1n) is 7.60. The standard InChI is InChI=1S/C16H22N2O3/c1-17-10-12-6-8-18(9-7-12)16(19)15-11-20-13-4-2-3-5-14(13)21-15/h2-5,12,15,17H,6-11H2,1H3. The molecule has 0 radical (unpaired) electrons. The van der Waals surface area contributed by atoms with Crippen LogP contribution in [0.2, 0.25) is 0 Å². The van der Waals surface area contributed by atoms with Crippen molar-refractivity contribution < 1.29 is 14.3 Å². The summed E-state index contributed by atoms with van der Waals surface area (Å²) < 4.78 is 11.4. The second-order valence-electron chi connectivity index (χ2n) is 5.69. The molecule has 0 saturated carbocycles. The van der Waals surface area contributed by atoms with Crippen molar-refractivity contribution in [1.82, 2.24) is 10.2 Å². The molecule has 0 spiro atoms. The van der Waals surface area contributed by atoms with Gasteiger partial charge in [0.2, 0.25) is 6.10 Å². The van der Waals surface area contributed by atoms with E-state index in [0.717, 1.165) is 32.5 Å². The summed E-state index contributed by atoms with van der Waals surface area (Å²) in [6, 6.07) is 7.49. The molecule has 114 valence electrons. The first kappa shape index (κ1) is 14.2. The van der Waals surface area contributed by atoms with Crippen molar-refractivity contribution in [3.05, 3.63) is 24.3 Å². The van der Waals surface area contributed by atoms with Crippen molar-refractivity contribution in [3.63, 3.8) is 0 Å². The Kier molecular flexibility index (Phi) is 4.29. The number of fused-ring (bicyclic) bond motifs is 1. The topological polar surface area (TPSA) is 50.8 Å². The van der Waals surface area contributed by atoms with Crippen molar-refractivity contribution >= 4 is 5.91 Å². The lowest BCUT2D eigenvalue weighted by atomic mass is 9.96. The lowest BCUT2D eigenvalue weighted by molar-refractivity contribution is -0.142. The van der Waals surface area contributed by atoms with E-state index in [1.807, 2.05) is 36.2 Å². The average Bonchev–Trinajstić information content (AvgIpc) is 2.55. The normalized spacial score (nSPS) is 22.1. The van der Waals surface area contributed by atoms with Crippen LogP contribution >= 0.6 is 0 Å². The fourth-order valence-electron chi connectivity index (χ4n) is 2.99. The highest BCUT2D eigenvalue weighted by Gasteiger charge is 2.32. The van der Waals surface area contributed by atoms with Gasteiger partial charge in [-0.25, -0.2) is 0 Å². The third-order valence-electron chi connectivity index (χ3n) is 4.20. The van der Waals surface area contributed by atoms with E-state index in [-0.39, 0.29) is 5.91 Å². The minimum absolute atomic E-state index is 0.0485. The van der Waals surface area contributed by atoms with E-state index in [2.05, 4.69) is 5.32 Å². The third-order valence-corrected chi connectivity index (χ3v) is 4.20. The van der Waals surface area contributed by atoms with E-state index in [4.69, 9.17) is 9.47 Å². The summed E-state index contributed by atoms with van der Waals surface area (Å²) >= 11 is 0. The Labute approximate surface area is 125 Å². The van der Waals surface area contributed by atoms with Gasteiger partial charge in [-0.1, -0.05) is 12.1 Å². The summed E-state index contributed by atoms with van der Waals surface area (Å²) in [4.78, 5) is 14.4. The molecule has 1 fully saturated rings. The predicted molar refractivity (Wildman–Crippen MR) is 79.6 cm³/mol. The summed E-state index contributed by atoms with van der Waals surface area (Å²) in [5.41, 5.74) is 0. The number of piperidine rings is 1. The maximum atomic E-state index is 12.5. The predicted octanol–water partition coefficient (Wildman–Crippen LogP) is 1.28. The van der Waals surface area contributed by atoms with Crippen LogP contribution in [0.4, 0.5) is 0 Å². The van der Waals surface area contributed by atoms with Gasteiger partial charge in [0.25, 0.3) is 5.91 Å². The molecule has 3 rings (SSSR count). The molecular weight excluding hydrogens is 268 g/mol. The highest BCUT2D eigenvalue weighted by Crippen LogP contribution is 2.31. The molecule has 0 aliphatic carbocycles. The average molecular weight is 290 g/mol. The zero-order valence-corrected chi connectivity index (χ0v) is 12.4. The van der Waals surface area contributed by atoms with Crippen molar-refractivity contribution in [3.8, 4) is 11.5 Å². The molecule has 1 amide bonds. The molecule has 5 nitrogen and oxygen atoms in total. The number of nitrogens with zero attached hydrogens (tertiary/aromatic N) is 1. The van der Waals surface area contributed by atoms with Gasteiger partial charge in [0, 0.05) is 13.1 Å². The van der Waals surface area contributed by atoms with Crippen LogP contribution in [0.3, 0.4) is 0 Å². The summed E-state index contributed by atoms with van der Waals surface area (Å²) in [7, 11) is 1.97. The number of para-hydroxylation sites is 2. The first-order chi connectivity index (χ1) is 10.3. The number of rotatable bonds is 3. The van der Waals surface area contributed by atoms with Crippen LogP contribution in [-0.4, -0.2) is 50.2 Å². The Morgan fingerprint density at radius 2 is 2.00 bits per heavy atom. The maximum absolute atomic E-state index is 12.5. The van der Waals surface area contributed by atoms with Gasteiger partial charge in [0.05, 0.1) is 0 Å². The van der Waals surface area contributed by atoms with E-state index >= 15 is 0 Å². The smallest absolute Gasteiger partial charge is 0.267 e. The summed E-state index contributed by atoms with van der Waals surface area (Å²) in [5.74, 6) is 2.09. The number of amides is 1. The zero-order valence-electron chi connectivity index (χ0n) is 12.4. The summed E-state index contributed by atoms with van der Waals surface area (Å²) in [6.45, 7) is 2.95. The van der Waals surface area contributed by atoms with E-state index in [1.165, 1.54) is 0 Å². The molecule has 21 heavy (non-hydrogen) atoms. The molecule has 5 heteroatoms. The Morgan fingerprint density at radius 3 is 2.71 bits per heavy atom. The van der Waals surface area contributed by atoms with Crippen LogP contribution in [-0.2, 0) is 4.79 Å². The van der Waals surface area contributed by atoms with Crippen molar-refractivity contribution in [2.45, 2.75) is 18.9 Å². The molecular formula is C16H22N2O3. The van der Waals surface area contributed by atoms with Gasteiger partial charge < -0.3 is 19.7 Å². The molecule has 1 N–H and O–H groups in total. The van der Waals surface area contributed by atoms with Crippen LogP contribution in [0, 0.1) is 5.92 Å². The molecule has 1 saturated heterocycles. The van der Waals surface area contributed by atoms with Gasteiger partial charge in [0.15, 0.2) is 11.5 Å². The molecule has 0 aromatic heterocycles. The Balaban J connectivity index is 1.57. The second kappa shape index (κ2) is 6.35. The van der Waals surface area contributed by atoms with Gasteiger partial charge in [-0.3, -0.25) is 4.79 Å². The Morgan fingerprint density at radius 1 is 1.29 bits per heavy atom. The van der Waals surface area contributed by atoms with Crippen LogP contribution in [0.5, 0.6) is 11.5 Å². The van der Waals surface area contributed by atoms with Crippen molar-refractivity contribution in [2.75, 3.05) is 33.3 Å². The summed E-state index contributed by atoms with van der Waals surface area (Å²) in [5, 5.41) is 3.21. The number of ether oxygens (including phenoxy) is 2. The van der Waals surface area contributed by atoms with Crippen LogP contribution in [0.25, 0.3) is 0 Å². The van der Waals surface area contributed by atoms with Crippen molar-refractivity contribution in [2.24, 2.45) is 5.92 Å². The van der Waals surface area contributed by atoms with Gasteiger partial charge >= 0.3 is 0 Å². The van der Waals surface area contributed by atoms with Crippen LogP contribution in [0.1, 0.15) is 12.8 Å². The van der Waals surface area contributed by atoms with Gasteiger partial charge in [0.1, 0.15) is 6.61 Å². The molecule has 2 heterocycles. The fourth-order valence-corrected chi connectivity index (χ4v) is 2.99. The molecule has 1 aromatic rings. The number of benzene rings is 1. The zero-order chi connectivity index (χ0) is 14.7. The SMILES string of the molecule is CNCC1CCN(C(=O)C2COc3ccccc3O2)CC1. The lowest BCUT2D eigenvalue weighted by Gasteiger charge is -2.35. The van der Waals surface area contributed by atoms with Gasteiger partial charge in [-0.2, -0.15) is 0 Å². The number of hydrogen-bond donors (Lipinski definition) is 1. The molecule has 1 aromatic carbocycles. The molecule has 1 atom stereocenters. The Bertz CT molecular complexity index is 498. The van der Waals surface area contributed by atoms with Gasteiger partial charge in [-0.15, -0.1) is 0 Å². The van der Waals surface area contributed by atoms with Gasteiger partial charge in [-0.05, 0) is 44.5 Å². The largest absolute Gasteiger partial charge is 0.485 e. The van der Waals surface area contributed by atoms with Crippen LogP contribution in [0.15, 0.2) is 24.3 Å². The molecule has 2 aliphatic rings. The van der Waals surface area contributed by atoms with E-state index in [9.17, 15) is 4.79 Å². The first-order valence-corrected chi connectivity index (χ1v) is 7.60. The monoisotopic (exact) mass is 290 g/mol. The fraction of sp³-hybridized carbons (Fsp3) is 0.562. The molecule has 2 aliphatic heterocycles. The van der Waals surface area contributed by atoms with E-state index in [0.29, 0.717) is 24.0 Å². The highest BCUT2D eigenvalue weighted by atomic mass is 16.6. The quantitative estimate of drug-likeness (QED) is 0.911. The minimum atomic E-state index is -0.513. The second-order valence-corrected chi connectivity index (χ2v) is 5.69. The maximum Gasteiger partial charge on any atom is 0.267 e. The minimum Gasteiger partial charge on any atom is -0.485 e. The lowest BCUT2D eigenvalue weighted by Crippen LogP contribution is -2.49. The van der Waals surface area contributed by atoms with Crippen LogP contribution < -0.4 is 14.8 Å². The number of nitrogens with one attached hydrogen (secondary N) is 1. The third kappa shape index (κ3) is 3.13. The number of carbonyl (C=O) groups is 1.